The van der Waals surface area contributed by atoms with Crippen LogP contribution < -0.4 is 10.9 Å². The molecule has 114 valence electrons. The smallest absolute Gasteiger partial charge is 0.289 e. The molecule has 3 aromatic heterocycles. The zero-order chi connectivity index (χ0) is 16.0. The van der Waals surface area contributed by atoms with Gasteiger partial charge in [0.05, 0.1) is 11.9 Å². The number of rotatable bonds is 2. The van der Waals surface area contributed by atoms with E-state index in [1.54, 1.807) is 12.4 Å². The molecule has 4 rings (SSSR count). The minimum Gasteiger partial charge on any atom is -0.387 e. The minimum atomic E-state index is -0.114. The number of anilines is 1. The lowest BCUT2D eigenvalue weighted by Crippen LogP contribution is -2.19. The van der Waals surface area contributed by atoms with Crippen molar-refractivity contribution < 1.29 is 0 Å². The van der Waals surface area contributed by atoms with Crippen LogP contribution in [-0.2, 0) is 0 Å². The third-order valence-electron chi connectivity index (χ3n) is 3.87. The summed E-state index contributed by atoms with van der Waals surface area (Å²) in [6.45, 7) is 2.01. The number of pyridine rings is 1. The molecule has 0 aliphatic heterocycles. The highest BCUT2D eigenvalue weighted by molar-refractivity contribution is 7.25. The van der Waals surface area contributed by atoms with Gasteiger partial charge in [0.1, 0.15) is 9.53 Å². The molecule has 0 aliphatic rings. The number of thiophene rings is 1. The van der Waals surface area contributed by atoms with Crippen LogP contribution in [0.2, 0.25) is 0 Å². The zero-order valence-electron chi connectivity index (χ0n) is 12.7. The number of nitrogens with zero attached hydrogens (tertiary/aromatic N) is 3. The molecule has 0 fully saturated rings. The van der Waals surface area contributed by atoms with Crippen molar-refractivity contribution in [3.05, 3.63) is 58.6 Å². The summed E-state index contributed by atoms with van der Waals surface area (Å²) in [5.74, 6) is 0. The summed E-state index contributed by atoms with van der Waals surface area (Å²) >= 11 is 1.41. The fraction of sp³-hybridized carbons (Fsp3) is 0.118. The van der Waals surface area contributed by atoms with E-state index in [4.69, 9.17) is 0 Å². The second kappa shape index (κ2) is 5.17. The molecular weight excluding hydrogens is 308 g/mol. The van der Waals surface area contributed by atoms with Gasteiger partial charge in [-0.15, -0.1) is 11.3 Å². The molecule has 1 aromatic carbocycles. The summed E-state index contributed by atoms with van der Waals surface area (Å²) in [7, 11) is 1.86. The van der Waals surface area contributed by atoms with Gasteiger partial charge in [0.15, 0.2) is 0 Å². The van der Waals surface area contributed by atoms with Crippen LogP contribution in [0.3, 0.4) is 0 Å². The normalized spacial score (nSPS) is 11.2. The van der Waals surface area contributed by atoms with Gasteiger partial charge in [-0.2, -0.15) is 9.78 Å². The molecule has 5 nitrogen and oxygen atoms in total. The van der Waals surface area contributed by atoms with E-state index in [-0.39, 0.29) is 5.56 Å². The monoisotopic (exact) mass is 322 g/mol. The Hall–Kier alpha value is -2.73. The average Bonchev–Trinajstić information content (AvgIpc) is 2.96. The van der Waals surface area contributed by atoms with Gasteiger partial charge in [-0.05, 0) is 25.1 Å². The van der Waals surface area contributed by atoms with E-state index >= 15 is 0 Å². The van der Waals surface area contributed by atoms with Gasteiger partial charge in [0.2, 0.25) is 0 Å². The largest absolute Gasteiger partial charge is 0.387 e. The van der Waals surface area contributed by atoms with Crippen LogP contribution in [0.25, 0.3) is 26.0 Å². The molecule has 4 aromatic rings. The minimum absolute atomic E-state index is 0.114. The van der Waals surface area contributed by atoms with E-state index in [0.717, 1.165) is 32.5 Å². The number of nitrogens with one attached hydrogen (secondary N) is 1. The molecular formula is C17H14N4OS. The Morgan fingerprint density at radius 1 is 1.17 bits per heavy atom. The summed E-state index contributed by atoms with van der Waals surface area (Å²) in [5, 5.41) is 9.31. The second-order valence-electron chi connectivity index (χ2n) is 5.33. The highest BCUT2D eigenvalue weighted by Gasteiger charge is 2.15. The Morgan fingerprint density at radius 2 is 1.96 bits per heavy atom. The van der Waals surface area contributed by atoms with Crippen molar-refractivity contribution in [2.45, 2.75) is 6.92 Å². The van der Waals surface area contributed by atoms with Crippen LogP contribution >= 0.6 is 11.3 Å². The predicted octanol–water partition coefficient (Wildman–Crippen LogP) is 3.35. The third kappa shape index (κ3) is 2.10. The van der Waals surface area contributed by atoms with Crippen LogP contribution in [0.1, 0.15) is 5.56 Å². The summed E-state index contributed by atoms with van der Waals surface area (Å²) < 4.78 is 2.11. The lowest BCUT2D eigenvalue weighted by Gasteiger charge is -2.05. The van der Waals surface area contributed by atoms with Crippen molar-refractivity contribution in [1.29, 1.82) is 0 Å². The summed E-state index contributed by atoms with van der Waals surface area (Å²) in [6.07, 6.45) is 3.49. The molecule has 1 N–H and O–H groups in total. The highest BCUT2D eigenvalue weighted by Crippen LogP contribution is 2.34. The molecule has 0 atom stereocenters. The van der Waals surface area contributed by atoms with Gasteiger partial charge in [-0.25, -0.2) is 4.98 Å². The van der Waals surface area contributed by atoms with Crippen molar-refractivity contribution >= 4 is 37.3 Å². The van der Waals surface area contributed by atoms with Gasteiger partial charge in [-0.3, -0.25) is 4.79 Å². The predicted molar refractivity (Wildman–Crippen MR) is 94.8 cm³/mol. The maximum atomic E-state index is 12.8. The van der Waals surface area contributed by atoms with Crippen LogP contribution in [0.15, 0.2) is 47.5 Å². The maximum absolute atomic E-state index is 12.8. The first kappa shape index (κ1) is 13.9. The van der Waals surface area contributed by atoms with E-state index in [0.29, 0.717) is 4.70 Å². The van der Waals surface area contributed by atoms with E-state index in [9.17, 15) is 4.79 Å². The number of hydrogen-bond acceptors (Lipinski definition) is 5. The molecule has 0 amide bonds. The zero-order valence-corrected chi connectivity index (χ0v) is 13.5. The van der Waals surface area contributed by atoms with Crippen molar-refractivity contribution in [1.82, 2.24) is 14.8 Å². The van der Waals surface area contributed by atoms with Crippen molar-refractivity contribution in [3.63, 3.8) is 0 Å². The SMILES string of the molecule is CNc1ccnc2sc3c(=O)n(-c4ccc(C)cc4)ncc3c12. The fourth-order valence-electron chi connectivity index (χ4n) is 2.67. The molecule has 0 saturated heterocycles. The fourth-order valence-corrected chi connectivity index (χ4v) is 3.74. The Balaban J connectivity index is 2.04. The van der Waals surface area contributed by atoms with Crippen LogP contribution in [0.4, 0.5) is 5.69 Å². The number of aryl methyl sites for hydroxylation is 1. The standard InChI is InChI=1S/C17H14N4OS/c1-10-3-5-11(6-4-10)21-17(22)15-12(9-20-21)14-13(18-2)7-8-19-16(14)23-15/h3-9H,1-2H3,(H,18,19). The molecule has 23 heavy (non-hydrogen) atoms. The molecule has 0 aliphatic carbocycles. The van der Waals surface area contributed by atoms with Crippen LogP contribution in [-0.4, -0.2) is 21.8 Å². The second-order valence-corrected chi connectivity index (χ2v) is 6.33. The van der Waals surface area contributed by atoms with Gasteiger partial charge >= 0.3 is 0 Å². The molecule has 0 bridgehead atoms. The van der Waals surface area contributed by atoms with E-state index in [2.05, 4.69) is 15.4 Å². The van der Waals surface area contributed by atoms with Crippen molar-refractivity contribution in [2.24, 2.45) is 0 Å². The summed E-state index contributed by atoms with van der Waals surface area (Å²) in [4.78, 5) is 18.1. The van der Waals surface area contributed by atoms with Gasteiger partial charge in [0.25, 0.3) is 5.56 Å². The number of aromatic nitrogens is 3. The Labute approximate surface area is 136 Å². The topological polar surface area (TPSA) is 59.8 Å². The molecule has 3 heterocycles. The first-order valence-electron chi connectivity index (χ1n) is 7.23. The molecule has 6 heteroatoms. The first-order chi connectivity index (χ1) is 11.2. The van der Waals surface area contributed by atoms with Gasteiger partial charge < -0.3 is 5.32 Å². The number of benzene rings is 1. The highest BCUT2D eigenvalue weighted by atomic mass is 32.1. The quantitative estimate of drug-likeness (QED) is 0.615. The van der Waals surface area contributed by atoms with E-state index in [1.807, 2.05) is 44.3 Å². The van der Waals surface area contributed by atoms with E-state index in [1.165, 1.54) is 16.0 Å². The maximum Gasteiger partial charge on any atom is 0.289 e. The lowest BCUT2D eigenvalue weighted by molar-refractivity contribution is 0.823. The summed E-state index contributed by atoms with van der Waals surface area (Å²) in [6, 6.07) is 9.65. The molecule has 0 unspecified atom stereocenters. The summed E-state index contributed by atoms with van der Waals surface area (Å²) in [5.41, 5.74) is 2.75. The van der Waals surface area contributed by atoms with Crippen molar-refractivity contribution in [2.75, 3.05) is 12.4 Å². The number of hydrogen-bond donors (Lipinski definition) is 1. The number of fused-ring (bicyclic) bond motifs is 3. The van der Waals surface area contributed by atoms with Gasteiger partial charge in [-0.1, -0.05) is 17.7 Å². The van der Waals surface area contributed by atoms with Crippen molar-refractivity contribution in [3.8, 4) is 5.69 Å². The molecule has 0 saturated carbocycles. The Bertz CT molecular complexity index is 1080. The van der Waals surface area contributed by atoms with Gasteiger partial charge in [0, 0.05) is 29.7 Å². The van der Waals surface area contributed by atoms with Crippen LogP contribution in [0, 0.1) is 6.92 Å². The average molecular weight is 322 g/mol. The Morgan fingerprint density at radius 3 is 2.70 bits per heavy atom. The Kier molecular flexibility index (Phi) is 3.12. The lowest BCUT2D eigenvalue weighted by atomic mass is 10.2. The first-order valence-corrected chi connectivity index (χ1v) is 8.05. The van der Waals surface area contributed by atoms with Crippen LogP contribution in [0.5, 0.6) is 0 Å². The van der Waals surface area contributed by atoms with E-state index < -0.39 is 0 Å². The molecule has 0 spiro atoms. The molecule has 0 radical (unpaired) electrons. The third-order valence-corrected chi connectivity index (χ3v) is 4.97.